The first kappa shape index (κ1) is 12.2. The van der Waals surface area contributed by atoms with Gasteiger partial charge in [0.15, 0.2) is 6.29 Å². The van der Waals surface area contributed by atoms with Crippen molar-refractivity contribution in [1.29, 1.82) is 0 Å². The van der Waals surface area contributed by atoms with Gasteiger partial charge in [-0.05, 0) is 17.7 Å². The van der Waals surface area contributed by atoms with Gasteiger partial charge in [0.05, 0.1) is 6.54 Å². The molecule has 0 aromatic heterocycles. The summed E-state index contributed by atoms with van der Waals surface area (Å²) in [6.07, 6.45) is 1.48. The van der Waals surface area contributed by atoms with Gasteiger partial charge in [0.2, 0.25) is 0 Å². The van der Waals surface area contributed by atoms with Crippen LogP contribution in [0, 0.1) is 0 Å². The Morgan fingerprint density at radius 2 is 1.87 bits per heavy atom. The van der Waals surface area contributed by atoms with Crippen LogP contribution in [0.5, 0.6) is 0 Å². The van der Waals surface area contributed by atoms with Crippen molar-refractivity contribution in [3.63, 3.8) is 0 Å². The lowest BCUT2D eigenvalue weighted by Gasteiger charge is -2.09. The normalized spacial score (nSPS) is 11.5. The number of ether oxygens (including phenoxy) is 2. The number of hydrogen-bond donors (Lipinski definition) is 0. The molecular formula is C11H14ClNO2. The van der Waals surface area contributed by atoms with Gasteiger partial charge in [-0.3, -0.25) is 4.99 Å². The SMILES string of the molecule is COC(CN=Cc1ccc(Cl)cc1)OC. The monoisotopic (exact) mass is 227 g/mol. The van der Waals surface area contributed by atoms with E-state index in [9.17, 15) is 0 Å². The van der Waals surface area contributed by atoms with Crippen LogP contribution in [-0.4, -0.2) is 33.3 Å². The fourth-order valence-corrected chi connectivity index (χ4v) is 1.16. The lowest BCUT2D eigenvalue weighted by Crippen LogP contribution is -2.16. The lowest BCUT2D eigenvalue weighted by atomic mass is 10.2. The number of nitrogens with zero attached hydrogens (tertiary/aromatic N) is 1. The molecule has 3 nitrogen and oxygen atoms in total. The minimum Gasteiger partial charge on any atom is -0.354 e. The summed E-state index contributed by atoms with van der Waals surface area (Å²) in [5.74, 6) is 0. The van der Waals surface area contributed by atoms with Crippen LogP contribution in [-0.2, 0) is 9.47 Å². The molecule has 0 saturated carbocycles. The van der Waals surface area contributed by atoms with Crippen molar-refractivity contribution in [2.45, 2.75) is 6.29 Å². The van der Waals surface area contributed by atoms with Gasteiger partial charge >= 0.3 is 0 Å². The van der Waals surface area contributed by atoms with Crippen molar-refractivity contribution in [2.24, 2.45) is 4.99 Å². The van der Waals surface area contributed by atoms with E-state index in [-0.39, 0.29) is 6.29 Å². The topological polar surface area (TPSA) is 30.8 Å². The zero-order chi connectivity index (χ0) is 11.1. The van der Waals surface area contributed by atoms with Crippen molar-refractivity contribution in [3.8, 4) is 0 Å². The number of benzene rings is 1. The molecule has 82 valence electrons. The molecule has 1 rings (SSSR count). The van der Waals surface area contributed by atoms with Gasteiger partial charge < -0.3 is 9.47 Å². The summed E-state index contributed by atoms with van der Waals surface area (Å²) >= 11 is 5.76. The molecule has 0 N–H and O–H groups in total. The van der Waals surface area contributed by atoms with Gasteiger partial charge in [-0.25, -0.2) is 0 Å². The van der Waals surface area contributed by atoms with E-state index in [0.29, 0.717) is 6.54 Å². The second-order valence-electron chi connectivity index (χ2n) is 2.95. The maximum Gasteiger partial charge on any atom is 0.176 e. The third kappa shape index (κ3) is 4.42. The minimum absolute atomic E-state index is 0.284. The van der Waals surface area contributed by atoms with Crippen molar-refractivity contribution >= 4 is 17.8 Å². The van der Waals surface area contributed by atoms with Crippen LogP contribution in [0.25, 0.3) is 0 Å². The van der Waals surface area contributed by atoms with Gasteiger partial charge in [0, 0.05) is 25.5 Å². The Labute approximate surface area is 94.7 Å². The number of hydrogen-bond acceptors (Lipinski definition) is 3. The van der Waals surface area contributed by atoms with Gasteiger partial charge in [-0.15, -0.1) is 0 Å². The molecule has 0 heterocycles. The maximum absolute atomic E-state index is 5.76. The Bertz CT molecular complexity index is 307. The van der Waals surface area contributed by atoms with E-state index in [1.165, 1.54) is 0 Å². The molecule has 0 spiro atoms. The largest absolute Gasteiger partial charge is 0.354 e. The van der Waals surface area contributed by atoms with E-state index >= 15 is 0 Å². The minimum atomic E-state index is -0.284. The molecule has 1 aromatic carbocycles. The average Bonchev–Trinajstić information content (AvgIpc) is 2.27. The third-order valence-electron chi connectivity index (χ3n) is 1.89. The number of halogens is 1. The Balaban J connectivity index is 2.47. The summed E-state index contributed by atoms with van der Waals surface area (Å²) in [6.45, 7) is 0.482. The summed E-state index contributed by atoms with van der Waals surface area (Å²) in [4.78, 5) is 4.20. The number of aliphatic imine (C=N–C) groups is 1. The summed E-state index contributed by atoms with van der Waals surface area (Å²) in [5, 5.41) is 0.721. The Morgan fingerprint density at radius 3 is 2.40 bits per heavy atom. The predicted molar refractivity (Wildman–Crippen MR) is 61.7 cm³/mol. The second kappa shape index (κ2) is 6.56. The zero-order valence-corrected chi connectivity index (χ0v) is 9.57. The van der Waals surface area contributed by atoms with Gasteiger partial charge in [-0.2, -0.15) is 0 Å². The molecule has 0 aliphatic heterocycles. The van der Waals surface area contributed by atoms with Gasteiger partial charge in [0.25, 0.3) is 0 Å². The standard InChI is InChI=1S/C11H14ClNO2/c1-14-11(15-2)8-13-7-9-3-5-10(12)6-4-9/h3-7,11H,8H2,1-2H3. The highest BCUT2D eigenvalue weighted by Gasteiger charge is 2.00. The highest BCUT2D eigenvalue weighted by molar-refractivity contribution is 6.30. The van der Waals surface area contributed by atoms with Crippen LogP contribution in [0.2, 0.25) is 5.02 Å². The van der Waals surface area contributed by atoms with E-state index in [0.717, 1.165) is 10.6 Å². The first-order valence-electron chi connectivity index (χ1n) is 4.57. The van der Waals surface area contributed by atoms with E-state index in [1.807, 2.05) is 24.3 Å². The average molecular weight is 228 g/mol. The molecule has 0 fully saturated rings. The summed E-state index contributed by atoms with van der Waals surface area (Å²) in [6, 6.07) is 7.46. The molecule has 4 heteroatoms. The Hall–Kier alpha value is -0.900. The third-order valence-corrected chi connectivity index (χ3v) is 2.14. The Morgan fingerprint density at radius 1 is 1.27 bits per heavy atom. The molecule has 0 bridgehead atoms. The van der Waals surface area contributed by atoms with Crippen molar-refractivity contribution in [3.05, 3.63) is 34.9 Å². The van der Waals surface area contributed by atoms with Gasteiger partial charge in [0.1, 0.15) is 0 Å². The molecule has 0 aliphatic carbocycles. The van der Waals surface area contributed by atoms with Crippen LogP contribution in [0.4, 0.5) is 0 Å². The van der Waals surface area contributed by atoms with Crippen LogP contribution in [0.15, 0.2) is 29.3 Å². The van der Waals surface area contributed by atoms with E-state index in [2.05, 4.69) is 4.99 Å². The van der Waals surface area contributed by atoms with Crippen molar-refractivity contribution in [2.75, 3.05) is 20.8 Å². The fourth-order valence-electron chi connectivity index (χ4n) is 1.04. The van der Waals surface area contributed by atoms with E-state index in [4.69, 9.17) is 21.1 Å². The highest BCUT2D eigenvalue weighted by atomic mass is 35.5. The van der Waals surface area contributed by atoms with Crippen molar-refractivity contribution < 1.29 is 9.47 Å². The summed E-state index contributed by atoms with van der Waals surface area (Å²) in [7, 11) is 3.18. The maximum atomic E-state index is 5.76. The summed E-state index contributed by atoms with van der Waals surface area (Å²) in [5.41, 5.74) is 1.00. The number of methoxy groups -OCH3 is 2. The predicted octanol–water partition coefficient (Wildman–Crippen LogP) is 2.38. The molecule has 15 heavy (non-hydrogen) atoms. The van der Waals surface area contributed by atoms with Gasteiger partial charge in [-0.1, -0.05) is 23.7 Å². The first-order valence-corrected chi connectivity index (χ1v) is 4.95. The van der Waals surface area contributed by atoms with E-state index in [1.54, 1.807) is 20.4 Å². The first-order chi connectivity index (χ1) is 7.26. The molecule has 0 unspecified atom stereocenters. The lowest BCUT2D eigenvalue weighted by molar-refractivity contribution is -0.0936. The quantitative estimate of drug-likeness (QED) is 0.571. The second-order valence-corrected chi connectivity index (χ2v) is 3.38. The molecule has 0 radical (unpaired) electrons. The van der Waals surface area contributed by atoms with Crippen molar-refractivity contribution in [1.82, 2.24) is 0 Å². The smallest absolute Gasteiger partial charge is 0.176 e. The zero-order valence-electron chi connectivity index (χ0n) is 8.81. The highest BCUT2D eigenvalue weighted by Crippen LogP contribution is 2.07. The Kier molecular flexibility index (Phi) is 5.32. The molecule has 1 aromatic rings. The van der Waals surface area contributed by atoms with Crippen LogP contribution < -0.4 is 0 Å². The van der Waals surface area contributed by atoms with Crippen LogP contribution in [0.1, 0.15) is 5.56 Å². The molecule has 0 saturated heterocycles. The fraction of sp³-hybridized carbons (Fsp3) is 0.364. The number of rotatable bonds is 5. The summed E-state index contributed by atoms with van der Waals surface area (Å²) < 4.78 is 10.00. The van der Waals surface area contributed by atoms with Crippen LogP contribution >= 0.6 is 11.6 Å². The molecular weight excluding hydrogens is 214 g/mol. The molecule has 0 aliphatic rings. The van der Waals surface area contributed by atoms with E-state index < -0.39 is 0 Å². The van der Waals surface area contributed by atoms with Crippen LogP contribution in [0.3, 0.4) is 0 Å². The molecule has 0 amide bonds. The molecule has 0 atom stereocenters.